The Bertz CT molecular complexity index is 346. The lowest BCUT2D eigenvalue weighted by atomic mass is 9.94. The number of pyridine rings is 1. The molecule has 0 bridgehead atoms. The number of likely N-dealkylation sites (N-methyl/N-ethyl adjacent to an activating group) is 1. The molecule has 18 heavy (non-hydrogen) atoms. The number of rotatable bonds is 7. The normalized spacial score (nSPS) is 13.6. The van der Waals surface area contributed by atoms with E-state index < -0.39 is 0 Å². The lowest BCUT2D eigenvalue weighted by Gasteiger charge is -2.33. The van der Waals surface area contributed by atoms with E-state index in [4.69, 9.17) is 4.74 Å². The van der Waals surface area contributed by atoms with Crippen LogP contribution in [-0.2, 0) is 17.6 Å². The van der Waals surface area contributed by atoms with Crippen LogP contribution < -0.4 is 5.32 Å². The topological polar surface area (TPSA) is 34.1 Å². The molecule has 102 valence electrons. The minimum atomic E-state index is -0.186. The van der Waals surface area contributed by atoms with Crippen molar-refractivity contribution in [2.75, 3.05) is 13.7 Å². The highest BCUT2D eigenvalue weighted by Crippen LogP contribution is 2.18. The van der Waals surface area contributed by atoms with Gasteiger partial charge in [-0.1, -0.05) is 13.0 Å². The number of aryl methyl sites for hydroxylation is 1. The summed E-state index contributed by atoms with van der Waals surface area (Å²) in [7, 11) is 1.98. The summed E-state index contributed by atoms with van der Waals surface area (Å²) in [5, 5.41) is 3.34. The second-order valence-electron chi connectivity index (χ2n) is 5.09. The van der Waals surface area contributed by atoms with Gasteiger partial charge in [0, 0.05) is 31.0 Å². The number of hydrogen-bond donors (Lipinski definition) is 1. The third-order valence-corrected chi connectivity index (χ3v) is 3.41. The van der Waals surface area contributed by atoms with Gasteiger partial charge in [-0.25, -0.2) is 0 Å². The predicted octanol–water partition coefficient (Wildman–Crippen LogP) is 2.59. The Labute approximate surface area is 111 Å². The van der Waals surface area contributed by atoms with Crippen LogP contribution in [0.2, 0.25) is 0 Å². The molecule has 0 spiro atoms. The van der Waals surface area contributed by atoms with Gasteiger partial charge in [0.25, 0.3) is 0 Å². The molecule has 3 heteroatoms. The molecule has 1 unspecified atom stereocenters. The molecule has 1 heterocycles. The Morgan fingerprint density at radius 1 is 1.33 bits per heavy atom. The zero-order valence-corrected chi connectivity index (χ0v) is 12.3. The van der Waals surface area contributed by atoms with Gasteiger partial charge in [-0.3, -0.25) is 4.98 Å². The molecule has 0 radical (unpaired) electrons. The maximum absolute atomic E-state index is 5.81. The summed E-state index contributed by atoms with van der Waals surface area (Å²) in [5.74, 6) is 0. The summed E-state index contributed by atoms with van der Waals surface area (Å²) in [4.78, 5) is 4.52. The van der Waals surface area contributed by atoms with Gasteiger partial charge < -0.3 is 10.1 Å². The average molecular weight is 250 g/mol. The highest BCUT2D eigenvalue weighted by molar-refractivity contribution is 5.15. The Morgan fingerprint density at radius 3 is 2.50 bits per heavy atom. The molecular formula is C15H26N2O. The lowest BCUT2D eigenvalue weighted by molar-refractivity contribution is -0.0365. The van der Waals surface area contributed by atoms with Crippen LogP contribution in [0, 0.1) is 0 Å². The number of ether oxygens (including phenoxy) is 1. The standard InChI is InChI=1S/C15H26N2O/c1-6-12-8-9-13(17-11-12)10-14(16-5)15(3,4)18-7-2/h8-9,11,14,16H,6-7,10H2,1-5H3. The van der Waals surface area contributed by atoms with Crippen LogP contribution in [0.15, 0.2) is 18.3 Å². The first kappa shape index (κ1) is 15.1. The van der Waals surface area contributed by atoms with Crippen LogP contribution in [0.25, 0.3) is 0 Å². The molecule has 0 saturated carbocycles. The molecule has 0 aliphatic rings. The third kappa shape index (κ3) is 4.07. The fraction of sp³-hybridized carbons (Fsp3) is 0.667. The molecule has 0 amide bonds. The molecular weight excluding hydrogens is 224 g/mol. The van der Waals surface area contributed by atoms with Crippen molar-refractivity contribution in [1.82, 2.24) is 10.3 Å². The zero-order valence-electron chi connectivity index (χ0n) is 12.3. The van der Waals surface area contributed by atoms with Crippen LogP contribution >= 0.6 is 0 Å². The first-order valence-corrected chi connectivity index (χ1v) is 6.78. The van der Waals surface area contributed by atoms with Crippen molar-refractivity contribution in [3.8, 4) is 0 Å². The van der Waals surface area contributed by atoms with Gasteiger partial charge in [-0.05, 0) is 45.9 Å². The molecule has 1 aromatic rings. The van der Waals surface area contributed by atoms with E-state index in [0.717, 1.165) is 25.1 Å². The minimum Gasteiger partial charge on any atom is -0.374 e. The first-order valence-electron chi connectivity index (χ1n) is 6.78. The monoisotopic (exact) mass is 250 g/mol. The van der Waals surface area contributed by atoms with Crippen molar-refractivity contribution in [1.29, 1.82) is 0 Å². The lowest BCUT2D eigenvalue weighted by Crippen LogP contribution is -2.48. The zero-order chi connectivity index (χ0) is 13.6. The van der Waals surface area contributed by atoms with E-state index >= 15 is 0 Å². The van der Waals surface area contributed by atoms with Gasteiger partial charge in [0.15, 0.2) is 0 Å². The molecule has 1 rings (SSSR count). The van der Waals surface area contributed by atoms with Crippen molar-refractivity contribution in [2.24, 2.45) is 0 Å². The van der Waals surface area contributed by atoms with E-state index in [0.29, 0.717) is 0 Å². The maximum atomic E-state index is 5.81. The quantitative estimate of drug-likeness (QED) is 0.807. The molecule has 0 aromatic carbocycles. The average Bonchev–Trinajstić information content (AvgIpc) is 2.36. The second-order valence-corrected chi connectivity index (χ2v) is 5.09. The molecule has 0 saturated heterocycles. The van der Waals surface area contributed by atoms with Crippen molar-refractivity contribution in [3.63, 3.8) is 0 Å². The Hall–Kier alpha value is -0.930. The van der Waals surface area contributed by atoms with Crippen molar-refractivity contribution in [2.45, 2.75) is 52.2 Å². The van der Waals surface area contributed by atoms with E-state index in [1.54, 1.807) is 0 Å². The highest BCUT2D eigenvalue weighted by atomic mass is 16.5. The predicted molar refractivity (Wildman–Crippen MR) is 75.9 cm³/mol. The molecule has 1 aromatic heterocycles. The van der Waals surface area contributed by atoms with Crippen LogP contribution in [0.1, 0.15) is 39.0 Å². The molecule has 0 fully saturated rings. The molecule has 1 N–H and O–H groups in total. The van der Waals surface area contributed by atoms with Gasteiger partial charge in [-0.15, -0.1) is 0 Å². The molecule has 0 aliphatic heterocycles. The van der Waals surface area contributed by atoms with Gasteiger partial charge in [-0.2, -0.15) is 0 Å². The van der Waals surface area contributed by atoms with Crippen molar-refractivity contribution in [3.05, 3.63) is 29.6 Å². The summed E-state index contributed by atoms with van der Waals surface area (Å²) in [6, 6.07) is 4.53. The van der Waals surface area contributed by atoms with E-state index in [1.165, 1.54) is 5.56 Å². The summed E-state index contributed by atoms with van der Waals surface area (Å²) in [6.07, 6.45) is 3.89. The van der Waals surface area contributed by atoms with Crippen LogP contribution in [-0.4, -0.2) is 30.3 Å². The van der Waals surface area contributed by atoms with Gasteiger partial charge in [0.05, 0.1) is 5.60 Å². The Kier molecular flexibility index (Phi) is 5.76. The number of aromatic nitrogens is 1. The fourth-order valence-corrected chi connectivity index (χ4v) is 2.16. The maximum Gasteiger partial charge on any atom is 0.0782 e. The summed E-state index contributed by atoms with van der Waals surface area (Å²) in [5.41, 5.74) is 2.21. The molecule has 1 atom stereocenters. The van der Waals surface area contributed by atoms with Crippen molar-refractivity contribution < 1.29 is 4.74 Å². The summed E-state index contributed by atoms with van der Waals surface area (Å²) < 4.78 is 5.81. The van der Waals surface area contributed by atoms with Crippen LogP contribution in [0.5, 0.6) is 0 Å². The van der Waals surface area contributed by atoms with E-state index in [2.05, 4.69) is 43.2 Å². The number of nitrogens with one attached hydrogen (secondary N) is 1. The Balaban J connectivity index is 2.72. The number of hydrogen-bond acceptors (Lipinski definition) is 3. The van der Waals surface area contributed by atoms with Crippen LogP contribution in [0.3, 0.4) is 0 Å². The Morgan fingerprint density at radius 2 is 2.06 bits per heavy atom. The highest BCUT2D eigenvalue weighted by Gasteiger charge is 2.29. The van der Waals surface area contributed by atoms with Crippen LogP contribution in [0.4, 0.5) is 0 Å². The third-order valence-electron chi connectivity index (χ3n) is 3.41. The second kappa shape index (κ2) is 6.86. The number of nitrogens with zero attached hydrogens (tertiary/aromatic N) is 1. The van der Waals surface area contributed by atoms with E-state index in [-0.39, 0.29) is 11.6 Å². The fourth-order valence-electron chi connectivity index (χ4n) is 2.16. The van der Waals surface area contributed by atoms with Gasteiger partial charge in [0.2, 0.25) is 0 Å². The van der Waals surface area contributed by atoms with E-state index in [1.807, 2.05) is 20.2 Å². The molecule has 0 aliphatic carbocycles. The van der Waals surface area contributed by atoms with E-state index in [9.17, 15) is 0 Å². The van der Waals surface area contributed by atoms with Gasteiger partial charge in [0.1, 0.15) is 0 Å². The summed E-state index contributed by atoms with van der Waals surface area (Å²) in [6.45, 7) is 9.15. The smallest absolute Gasteiger partial charge is 0.0782 e. The summed E-state index contributed by atoms with van der Waals surface area (Å²) >= 11 is 0. The minimum absolute atomic E-state index is 0.186. The van der Waals surface area contributed by atoms with Crippen molar-refractivity contribution >= 4 is 0 Å². The largest absolute Gasteiger partial charge is 0.374 e. The first-order chi connectivity index (χ1) is 8.53. The molecule has 3 nitrogen and oxygen atoms in total. The SMILES string of the molecule is CCOC(C)(C)C(Cc1ccc(CC)cn1)NC. The van der Waals surface area contributed by atoms with Gasteiger partial charge >= 0.3 is 0 Å².